The molecule has 1 amide bonds. The van der Waals surface area contributed by atoms with Crippen LogP contribution in [0.15, 0.2) is 35.5 Å². The van der Waals surface area contributed by atoms with Gasteiger partial charge in [-0.25, -0.2) is 4.68 Å². The number of amides is 1. The fraction of sp³-hybridized carbons (Fsp3) is 0.500. The minimum Gasteiger partial charge on any atom is -0.353 e. The van der Waals surface area contributed by atoms with Crippen molar-refractivity contribution in [3.05, 3.63) is 35.9 Å². The first-order valence-corrected chi connectivity index (χ1v) is 8.60. The Morgan fingerprint density at radius 1 is 1.35 bits per heavy atom. The van der Waals surface area contributed by atoms with Crippen molar-refractivity contribution in [2.75, 3.05) is 5.75 Å². The molecule has 0 spiro atoms. The van der Waals surface area contributed by atoms with Gasteiger partial charge in [-0.05, 0) is 22.9 Å². The Kier molecular flexibility index (Phi) is 5.76. The Morgan fingerprint density at radius 3 is 2.65 bits per heavy atom. The van der Waals surface area contributed by atoms with Crippen molar-refractivity contribution < 1.29 is 4.79 Å². The smallest absolute Gasteiger partial charge is 0.221 e. The number of hydrogen-bond acceptors (Lipinski definition) is 5. The number of nitrogens with zero attached hydrogens (tertiary/aromatic N) is 4. The minimum absolute atomic E-state index is 0.0406. The van der Waals surface area contributed by atoms with Crippen LogP contribution in [0.2, 0.25) is 0 Å². The third kappa shape index (κ3) is 4.54. The molecule has 1 aromatic heterocycles. The average Bonchev–Trinajstić information content (AvgIpc) is 2.93. The summed E-state index contributed by atoms with van der Waals surface area (Å²) in [5, 5.41) is 15.0. The van der Waals surface area contributed by atoms with Gasteiger partial charge in [-0.3, -0.25) is 4.79 Å². The van der Waals surface area contributed by atoms with Gasteiger partial charge >= 0.3 is 0 Å². The molecule has 124 valence electrons. The number of nitrogens with one attached hydrogen (secondary N) is 1. The molecule has 1 N–H and O–H groups in total. The van der Waals surface area contributed by atoms with Crippen LogP contribution in [-0.2, 0) is 17.3 Å². The number of thioether (sulfide) groups is 1. The third-order valence-corrected chi connectivity index (χ3v) is 5.13. The van der Waals surface area contributed by atoms with Crippen molar-refractivity contribution >= 4 is 17.7 Å². The molecule has 0 fully saturated rings. The molecule has 7 heteroatoms. The summed E-state index contributed by atoms with van der Waals surface area (Å²) >= 11 is 1.48. The van der Waals surface area contributed by atoms with Crippen LogP contribution in [0.1, 0.15) is 32.8 Å². The summed E-state index contributed by atoms with van der Waals surface area (Å²) in [6, 6.07) is 10.3. The third-order valence-electron chi connectivity index (χ3n) is 4.12. The second kappa shape index (κ2) is 7.59. The molecule has 0 radical (unpaired) electrons. The monoisotopic (exact) mass is 333 g/mol. The van der Waals surface area contributed by atoms with E-state index in [4.69, 9.17) is 0 Å². The predicted octanol–water partition coefficient (Wildman–Crippen LogP) is 2.17. The fourth-order valence-corrected chi connectivity index (χ4v) is 2.98. The van der Waals surface area contributed by atoms with Crippen molar-refractivity contribution in [1.29, 1.82) is 0 Å². The summed E-state index contributed by atoms with van der Waals surface area (Å²) in [5.74, 6) is 0.697. The highest BCUT2D eigenvalue weighted by atomic mass is 32.2. The number of aromatic nitrogens is 4. The van der Waals surface area contributed by atoms with E-state index in [-0.39, 0.29) is 17.4 Å². The second-order valence-corrected chi connectivity index (χ2v) is 7.12. The summed E-state index contributed by atoms with van der Waals surface area (Å²) in [7, 11) is 1.78. The zero-order chi connectivity index (χ0) is 16.9. The van der Waals surface area contributed by atoms with Crippen LogP contribution in [0, 0.1) is 0 Å². The molecule has 0 saturated heterocycles. The number of hydrogen-bond donors (Lipinski definition) is 1. The van der Waals surface area contributed by atoms with Gasteiger partial charge in [0.1, 0.15) is 0 Å². The molecule has 0 aliphatic carbocycles. The van der Waals surface area contributed by atoms with Crippen LogP contribution in [0.5, 0.6) is 0 Å². The van der Waals surface area contributed by atoms with Crippen molar-refractivity contribution in [3.63, 3.8) is 0 Å². The largest absolute Gasteiger partial charge is 0.353 e. The van der Waals surface area contributed by atoms with E-state index in [1.807, 2.05) is 25.1 Å². The summed E-state index contributed by atoms with van der Waals surface area (Å²) in [5.41, 5.74) is 1.09. The molecule has 0 aliphatic rings. The van der Waals surface area contributed by atoms with E-state index < -0.39 is 0 Å². The quantitative estimate of drug-likeness (QED) is 0.786. The number of benzene rings is 1. The molecule has 0 unspecified atom stereocenters. The number of carbonyl (C=O) groups excluding carboxylic acids is 1. The van der Waals surface area contributed by atoms with E-state index >= 15 is 0 Å². The average molecular weight is 333 g/mol. The summed E-state index contributed by atoms with van der Waals surface area (Å²) in [6.07, 6.45) is 0.437. The van der Waals surface area contributed by atoms with Crippen LogP contribution in [0.4, 0.5) is 0 Å². The number of rotatable bonds is 7. The maximum Gasteiger partial charge on any atom is 0.221 e. The molecule has 1 aromatic carbocycles. The van der Waals surface area contributed by atoms with Crippen molar-refractivity contribution in [2.45, 2.75) is 43.8 Å². The molecule has 2 aromatic rings. The van der Waals surface area contributed by atoms with Gasteiger partial charge < -0.3 is 5.32 Å². The highest BCUT2D eigenvalue weighted by Crippen LogP contribution is 2.26. The van der Waals surface area contributed by atoms with Crippen LogP contribution in [-0.4, -0.2) is 37.9 Å². The molecule has 1 heterocycles. The van der Waals surface area contributed by atoms with Crippen molar-refractivity contribution in [1.82, 2.24) is 25.5 Å². The van der Waals surface area contributed by atoms with Gasteiger partial charge in [0.25, 0.3) is 0 Å². The summed E-state index contributed by atoms with van der Waals surface area (Å²) in [6.45, 7) is 6.34. The van der Waals surface area contributed by atoms with E-state index in [2.05, 4.69) is 46.8 Å². The highest BCUT2D eigenvalue weighted by Gasteiger charge is 2.28. The topological polar surface area (TPSA) is 72.7 Å². The first-order valence-electron chi connectivity index (χ1n) is 7.61. The number of carbonyl (C=O) groups is 1. The van der Waals surface area contributed by atoms with Crippen molar-refractivity contribution in [2.24, 2.45) is 7.05 Å². The molecule has 0 saturated carbocycles. The Balaban J connectivity index is 1.83. The van der Waals surface area contributed by atoms with E-state index in [1.54, 1.807) is 11.7 Å². The van der Waals surface area contributed by atoms with Crippen molar-refractivity contribution in [3.8, 4) is 0 Å². The SMILES string of the molecule is C[C@@H](NC(=O)CCSc1nnnn1C)C(C)(C)c1ccccc1. The van der Waals surface area contributed by atoms with Crippen LogP contribution >= 0.6 is 11.8 Å². The van der Waals surface area contributed by atoms with Gasteiger partial charge in [0.05, 0.1) is 0 Å². The van der Waals surface area contributed by atoms with E-state index in [9.17, 15) is 4.79 Å². The number of tetrazole rings is 1. The van der Waals surface area contributed by atoms with Crippen LogP contribution in [0.3, 0.4) is 0 Å². The Morgan fingerprint density at radius 2 is 2.04 bits per heavy atom. The first kappa shape index (κ1) is 17.5. The Hall–Kier alpha value is -1.89. The predicted molar refractivity (Wildman–Crippen MR) is 91.2 cm³/mol. The van der Waals surface area contributed by atoms with Gasteiger partial charge in [-0.15, -0.1) is 5.10 Å². The molecule has 2 rings (SSSR count). The highest BCUT2D eigenvalue weighted by molar-refractivity contribution is 7.99. The normalized spacial score (nSPS) is 12.9. The fourth-order valence-electron chi connectivity index (χ4n) is 2.19. The van der Waals surface area contributed by atoms with Gasteiger partial charge in [0.2, 0.25) is 11.1 Å². The molecule has 6 nitrogen and oxygen atoms in total. The molecule has 0 bridgehead atoms. The maximum absolute atomic E-state index is 12.2. The standard InChI is InChI=1S/C16H23N5OS/c1-12(16(2,3)13-8-6-5-7-9-13)17-14(22)10-11-23-15-18-19-20-21(15)4/h5-9,12H,10-11H2,1-4H3,(H,17,22)/t12-/m1/s1. The molecule has 0 aliphatic heterocycles. The lowest BCUT2D eigenvalue weighted by Crippen LogP contribution is -2.45. The lowest BCUT2D eigenvalue weighted by molar-refractivity contribution is -0.121. The van der Waals surface area contributed by atoms with E-state index in [0.717, 1.165) is 5.16 Å². The lowest BCUT2D eigenvalue weighted by Gasteiger charge is -2.33. The molecule has 1 atom stereocenters. The van der Waals surface area contributed by atoms with Gasteiger partial charge in [0, 0.05) is 30.7 Å². The lowest BCUT2D eigenvalue weighted by atomic mass is 9.78. The first-order chi connectivity index (χ1) is 10.9. The zero-order valence-corrected chi connectivity index (χ0v) is 14.8. The van der Waals surface area contributed by atoms with E-state index in [1.165, 1.54) is 17.3 Å². The minimum atomic E-state index is -0.127. The van der Waals surface area contributed by atoms with Crippen LogP contribution in [0.25, 0.3) is 0 Å². The van der Waals surface area contributed by atoms with Crippen LogP contribution < -0.4 is 5.32 Å². The summed E-state index contributed by atoms with van der Waals surface area (Å²) in [4.78, 5) is 12.2. The zero-order valence-electron chi connectivity index (χ0n) is 14.0. The maximum atomic E-state index is 12.2. The molecular weight excluding hydrogens is 310 g/mol. The van der Waals surface area contributed by atoms with Gasteiger partial charge in [0.15, 0.2) is 0 Å². The summed E-state index contributed by atoms with van der Waals surface area (Å²) < 4.78 is 1.60. The Bertz CT molecular complexity index is 641. The molecule has 23 heavy (non-hydrogen) atoms. The Labute approximate surface area is 141 Å². The van der Waals surface area contributed by atoms with Gasteiger partial charge in [-0.2, -0.15) is 0 Å². The van der Waals surface area contributed by atoms with Gasteiger partial charge in [-0.1, -0.05) is 55.9 Å². The second-order valence-electron chi connectivity index (χ2n) is 6.06. The number of aryl methyl sites for hydroxylation is 1. The molecular formula is C16H23N5OS. The van der Waals surface area contributed by atoms with E-state index in [0.29, 0.717) is 12.2 Å².